The summed E-state index contributed by atoms with van der Waals surface area (Å²) in [6.45, 7) is 3.26. The fraction of sp³-hybridized carbons (Fsp3) is 0.500. The molecule has 0 radical (unpaired) electrons. The number of carbonyl (C=O) groups is 2. The number of aliphatic imine (C=N–C) groups is 1. The second-order valence-electron chi connectivity index (χ2n) is 3.13. The smallest absolute Gasteiger partial charge is 0.343 e. The lowest BCUT2D eigenvalue weighted by molar-refractivity contribution is -0.138. The number of hydrogen-bond donors (Lipinski definition) is 1. The Kier molecular flexibility index (Phi) is 3.60. The van der Waals surface area contributed by atoms with Crippen LogP contribution in [-0.4, -0.2) is 29.3 Å². The minimum Gasteiger partial charge on any atom is -0.512 e. The minimum atomic E-state index is -0.633. The molecule has 5 heteroatoms. The van der Waals surface area contributed by atoms with Crippen LogP contribution in [0.1, 0.15) is 26.7 Å². The van der Waals surface area contributed by atoms with Gasteiger partial charge in [0, 0.05) is 6.42 Å². The van der Waals surface area contributed by atoms with Crippen molar-refractivity contribution < 1.29 is 19.4 Å². The van der Waals surface area contributed by atoms with Gasteiger partial charge in [0.05, 0.1) is 12.3 Å². The Morgan fingerprint density at radius 1 is 1.53 bits per heavy atom. The van der Waals surface area contributed by atoms with Gasteiger partial charge in [-0.25, -0.2) is 9.79 Å². The van der Waals surface area contributed by atoms with E-state index in [9.17, 15) is 14.7 Å². The third-order valence-electron chi connectivity index (χ3n) is 1.97. The van der Waals surface area contributed by atoms with Crippen molar-refractivity contribution in [2.24, 2.45) is 4.99 Å². The number of ether oxygens (including phenoxy) is 1. The number of carbonyl (C=O) groups excluding carboxylic acids is 2. The summed E-state index contributed by atoms with van der Waals surface area (Å²) in [5.41, 5.74) is 0.334. The molecule has 1 N–H and O–H groups in total. The maximum absolute atomic E-state index is 11.4. The van der Waals surface area contributed by atoms with E-state index in [-0.39, 0.29) is 30.3 Å². The molecular formula is C10H13NO4. The quantitative estimate of drug-likeness (QED) is 0.431. The number of amides is 1. The van der Waals surface area contributed by atoms with Crippen LogP contribution in [0.15, 0.2) is 16.3 Å². The fourth-order valence-corrected chi connectivity index (χ4v) is 1.35. The van der Waals surface area contributed by atoms with Gasteiger partial charge < -0.3 is 9.84 Å². The summed E-state index contributed by atoms with van der Waals surface area (Å²) < 4.78 is 4.76. The number of hydrogen-bond acceptors (Lipinski definition) is 4. The molecule has 1 heterocycles. The maximum Gasteiger partial charge on any atom is 0.343 e. The van der Waals surface area contributed by atoms with Crippen molar-refractivity contribution in [1.29, 1.82) is 0 Å². The zero-order valence-electron chi connectivity index (χ0n) is 8.74. The van der Waals surface area contributed by atoms with Crippen molar-refractivity contribution in [2.75, 3.05) is 6.61 Å². The van der Waals surface area contributed by atoms with E-state index in [0.29, 0.717) is 12.1 Å². The molecular weight excluding hydrogens is 198 g/mol. The minimum absolute atomic E-state index is 0.0164. The number of rotatable bonds is 3. The molecule has 1 aliphatic heterocycles. The van der Waals surface area contributed by atoms with Gasteiger partial charge in [0.25, 0.3) is 0 Å². The van der Waals surface area contributed by atoms with Crippen LogP contribution in [-0.2, 0) is 14.3 Å². The lowest BCUT2D eigenvalue weighted by atomic mass is 10.1. The zero-order valence-corrected chi connectivity index (χ0v) is 8.74. The van der Waals surface area contributed by atoms with E-state index in [4.69, 9.17) is 4.74 Å². The number of nitrogens with zero attached hydrogens (tertiary/aromatic N) is 1. The van der Waals surface area contributed by atoms with Crippen LogP contribution in [0.2, 0.25) is 0 Å². The van der Waals surface area contributed by atoms with Crippen LogP contribution in [0.5, 0.6) is 0 Å². The van der Waals surface area contributed by atoms with E-state index < -0.39 is 5.97 Å². The van der Waals surface area contributed by atoms with Crippen molar-refractivity contribution >= 4 is 17.6 Å². The Bertz CT molecular complexity index is 350. The Morgan fingerprint density at radius 2 is 2.20 bits per heavy atom. The Labute approximate surface area is 87.5 Å². The van der Waals surface area contributed by atoms with E-state index in [2.05, 4.69) is 4.99 Å². The first-order valence-corrected chi connectivity index (χ1v) is 4.74. The number of aliphatic hydroxyl groups excluding tert-OH is 1. The SMILES string of the molecule is CCOC(=O)/C(C1=NC(=O)CC1)=C(/C)O. The molecule has 1 aliphatic rings. The number of esters is 1. The van der Waals surface area contributed by atoms with Crippen LogP contribution in [0.3, 0.4) is 0 Å². The molecule has 0 saturated heterocycles. The molecule has 0 spiro atoms. The van der Waals surface area contributed by atoms with Gasteiger partial charge in [0.2, 0.25) is 5.91 Å². The molecule has 1 rings (SSSR count). The van der Waals surface area contributed by atoms with Crippen molar-refractivity contribution in [3.63, 3.8) is 0 Å². The van der Waals surface area contributed by atoms with Crippen LogP contribution >= 0.6 is 0 Å². The van der Waals surface area contributed by atoms with Crippen LogP contribution < -0.4 is 0 Å². The molecule has 0 fully saturated rings. The van der Waals surface area contributed by atoms with Crippen molar-refractivity contribution in [1.82, 2.24) is 0 Å². The van der Waals surface area contributed by atoms with E-state index in [0.717, 1.165) is 0 Å². The summed E-state index contributed by atoms with van der Waals surface area (Å²) >= 11 is 0. The van der Waals surface area contributed by atoms with Gasteiger partial charge in [0.1, 0.15) is 11.3 Å². The first kappa shape index (κ1) is 11.4. The van der Waals surface area contributed by atoms with Gasteiger partial charge in [-0.15, -0.1) is 0 Å². The lowest BCUT2D eigenvalue weighted by Gasteiger charge is -2.06. The standard InChI is InChI=1S/C10H13NO4/c1-3-15-10(14)9(6(2)12)7-4-5-8(13)11-7/h12H,3-5H2,1-2H3/b9-6-. The van der Waals surface area contributed by atoms with Gasteiger partial charge in [-0.2, -0.15) is 0 Å². The molecule has 5 nitrogen and oxygen atoms in total. The van der Waals surface area contributed by atoms with Crippen molar-refractivity contribution in [3.8, 4) is 0 Å². The molecule has 0 atom stereocenters. The monoisotopic (exact) mass is 211 g/mol. The van der Waals surface area contributed by atoms with E-state index in [1.54, 1.807) is 6.92 Å². The van der Waals surface area contributed by atoms with Crippen LogP contribution in [0, 0.1) is 0 Å². The Balaban J connectivity index is 2.95. The molecule has 82 valence electrons. The van der Waals surface area contributed by atoms with E-state index in [1.807, 2.05) is 0 Å². The third kappa shape index (κ3) is 2.65. The highest BCUT2D eigenvalue weighted by Gasteiger charge is 2.25. The molecule has 0 saturated carbocycles. The highest BCUT2D eigenvalue weighted by atomic mass is 16.5. The van der Waals surface area contributed by atoms with Gasteiger partial charge in [-0.3, -0.25) is 4.79 Å². The summed E-state index contributed by atoms with van der Waals surface area (Å²) in [5.74, 6) is -1.07. The van der Waals surface area contributed by atoms with Gasteiger partial charge in [-0.1, -0.05) is 0 Å². The van der Waals surface area contributed by atoms with Crippen LogP contribution in [0.25, 0.3) is 0 Å². The normalized spacial score (nSPS) is 17.2. The number of aliphatic hydroxyl groups is 1. The first-order chi connectivity index (χ1) is 7.06. The molecule has 15 heavy (non-hydrogen) atoms. The average molecular weight is 211 g/mol. The highest BCUT2D eigenvalue weighted by molar-refractivity contribution is 6.24. The highest BCUT2D eigenvalue weighted by Crippen LogP contribution is 2.16. The summed E-state index contributed by atoms with van der Waals surface area (Å²) in [4.78, 5) is 26.0. The summed E-state index contributed by atoms with van der Waals surface area (Å²) in [6, 6.07) is 0. The van der Waals surface area contributed by atoms with Gasteiger partial charge >= 0.3 is 5.97 Å². The van der Waals surface area contributed by atoms with Crippen molar-refractivity contribution in [2.45, 2.75) is 26.7 Å². The summed E-state index contributed by atoms with van der Waals surface area (Å²) in [7, 11) is 0. The third-order valence-corrected chi connectivity index (χ3v) is 1.97. The molecule has 1 amide bonds. The van der Waals surface area contributed by atoms with Gasteiger partial charge in [0.15, 0.2) is 0 Å². The molecule has 0 unspecified atom stereocenters. The number of allylic oxidation sites excluding steroid dienone is 1. The lowest BCUT2D eigenvalue weighted by Crippen LogP contribution is -2.16. The van der Waals surface area contributed by atoms with E-state index in [1.165, 1.54) is 6.92 Å². The zero-order chi connectivity index (χ0) is 11.4. The van der Waals surface area contributed by atoms with E-state index >= 15 is 0 Å². The molecule has 0 bridgehead atoms. The maximum atomic E-state index is 11.4. The van der Waals surface area contributed by atoms with Gasteiger partial charge in [-0.05, 0) is 20.3 Å². The van der Waals surface area contributed by atoms with Crippen molar-refractivity contribution in [3.05, 3.63) is 11.3 Å². The largest absolute Gasteiger partial charge is 0.512 e. The van der Waals surface area contributed by atoms with Crippen LogP contribution in [0.4, 0.5) is 0 Å². The Hall–Kier alpha value is -1.65. The fourth-order valence-electron chi connectivity index (χ4n) is 1.35. The summed E-state index contributed by atoms with van der Waals surface area (Å²) in [6.07, 6.45) is 0.663. The second kappa shape index (κ2) is 4.72. The molecule has 0 aromatic rings. The predicted molar refractivity (Wildman–Crippen MR) is 53.6 cm³/mol. The average Bonchev–Trinajstić information content (AvgIpc) is 2.51. The second-order valence-corrected chi connectivity index (χ2v) is 3.13. The Morgan fingerprint density at radius 3 is 2.60 bits per heavy atom. The molecule has 0 aromatic carbocycles. The molecule has 0 aliphatic carbocycles. The summed E-state index contributed by atoms with van der Waals surface area (Å²) in [5, 5.41) is 9.34. The predicted octanol–water partition coefficient (Wildman–Crippen LogP) is 1.14. The molecule has 0 aromatic heterocycles. The topological polar surface area (TPSA) is 76.0 Å². The first-order valence-electron chi connectivity index (χ1n) is 4.74.